The van der Waals surface area contributed by atoms with E-state index >= 15 is 0 Å². The van der Waals surface area contributed by atoms with Crippen LogP contribution in [0.15, 0.2) is 0 Å². The molecule has 3 heteroatoms. The highest BCUT2D eigenvalue weighted by molar-refractivity contribution is 5.08. The summed E-state index contributed by atoms with van der Waals surface area (Å²) in [6.07, 6.45) is 7.42. The first-order chi connectivity index (χ1) is 10.5. The number of rotatable bonds is 4. The third kappa shape index (κ3) is 3.09. The lowest BCUT2D eigenvalue weighted by atomic mass is 9.45. The molecule has 0 amide bonds. The fraction of sp³-hybridized carbons (Fsp3) is 1.00. The second kappa shape index (κ2) is 5.44. The molecule has 1 saturated heterocycles. The lowest BCUT2D eigenvalue weighted by molar-refractivity contribution is -0.173. The van der Waals surface area contributed by atoms with Gasteiger partial charge >= 0.3 is 0 Å². The van der Waals surface area contributed by atoms with Crippen molar-refractivity contribution >= 4 is 0 Å². The molecule has 0 spiro atoms. The number of aliphatic hydroxyl groups is 2. The second-order valence-corrected chi connectivity index (χ2v) is 10.1. The highest BCUT2D eigenvalue weighted by atomic mass is 16.6. The summed E-state index contributed by atoms with van der Waals surface area (Å²) in [6, 6.07) is 0. The Hall–Kier alpha value is -0.120. The molecule has 2 N–H and O–H groups in total. The quantitative estimate of drug-likeness (QED) is 0.771. The van der Waals surface area contributed by atoms with E-state index in [1.54, 1.807) is 0 Å². The zero-order valence-corrected chi connectivity index (χ0v) is 15.7. The van der Waals surface area contributed by atoms with Gasteiger partial charge in [-0.25, -0.2) is 0 Å². The van der Waals surface area contributed by atoms with Gasteiger partial charge in [0.05, 0.1) is 17.8 Å². The average Bonchev–Trinajstić information content (AvgIpc) is 3.20. The van der Waals surface area contributed by atoms with Crippen LogP contribution in [0.3, 0.4) is 0 Å². The fourth-order valence-electron chi connectivity index (χ4n) is 6.27. The van der Waals surface area contributed by atoms with Crippen LogP contribution >= 0.6 is 0 Å². The molecule has 1 aliphatic heterocycles. The number of hydrogen-bond acceptors (Lipinski definition) is 3. The molecule has 1 heterocycles. The summed E-state index contributed by atoms with van der Waals surface area (Å²) in [5.41, 5.74) is -0.809. The number of fused-ring (bicyclic) bond motifs is 1. The van der Waals surface area contributed by atoms with Crippen molar-refractivity contribution in [1.82, 2.24) is 0 Å². The van der Waals surface area contributed by atoms with Gasteiger partial charge in [0.1, 0.15) is 6.10 Å². The molecule has 6 atom stereocenters. The normalized spacial score (nSPS) is 48.4. The van der Waals surface area contributed by atoms with Crippen LogP contribution in [0.4, 0.5) is 0 Å². The lowest BCUT2D eigenvalue weighted by Gasteiger charge is -2.61. The van der Waals surface area contributed by atoms with Crippen molar-refractivity contribution in [2.75, 3.05) is 6.61 Å². The maximum absolute atomic E-state index is 11.1. The molecule has 0 bridgehead atoms. The van der Waals surface area contributed by atoms with Crippen molar-refractivity contribution in [3.05, 3.63) is 0 Å². The van der Waals surface area contributed by atoms with Crippen LogP contribution in [0.2, 0.25) is 0 Å². The molecule has 0 aromatic rings. The molecule has 3 fully saturated rings. The third-order valence-corrected chi connectivity index (χ3v) is 7.73. The first-order valence-corrected chi connectivity index (χ1v) is 9.55. The molecule has 3 nitrogen and oxygen atoms in total. The summed E-state index contributed by atoms with van der Waals surface area (Å²) in [6.45, 7) is 11.9. The number of hydrogen-bond donors (Lipinski definition) is 2. The van der Waals surface area contributed by atoms with Crippen LogP contribution in [-0.2, 0) is 4.74 Å². The van der Waals surface area contributed by atoms with Gasteiger partial charge in [-0.3, -0.25) is 0 Å². The zero-order chi connectivity index (χ0) is 17.1. The van der Waals surface area contributed by atoms with E-state index in [9.17, 15) is 10.2 Å². The van der Waals surface area contributed by atoms with Crippen molar-refractivity contribution < 1.29 is 14.9 Å². The van der Waals surface area contributed by atoms with Crippen molar-refractivity contribution in [3.8, 4) is 0 Å². The second-order valence-electron chi connectivity index (χ2n) is 10.1. The van der Waals surface area contributed by atoms with Crippen molar-refractivity contribution in [2.45, 2.75) is 96.9 Å². The van der Waals surface area contributed by atoms with Gasteiger partial charge in [0.15, 0.2) is 0 Å². The predicted molar refractivity (Wildman–Crippen MR) is 92.2 cm³/mol. The molecule has 23 heavy (non-hydrogen) atoms. The van der Waals surface area contributed by atoms with Crippen LogP contribution in [0.5, 0.6) is 0 Å². The van der Waals surface area contributed by atoms with Gasteiger partial charge in [0.2, 0.25) is 0 Å². The predicted octanol–water partition coefficient (Wildman–Crippen LogP) is 3.91. The number of ether oxygens (including phenoxy) is 1. The molecule has 2 saturated carbocycles. The zero-order valence-electron chi connectivity index (χ0n) is 15.7. The maximum Gasteiger partial charge on any atom is 0.109 e. The molecule has 0 aromatic carbocycles. The van der Waals surface area contributed by atoms with Crippen LogP contribution in [0.1, 0.15) is 79.6 Å². The highest BCUT2D eigenvalue weighted by Crippen LogP contribution is 2.63. The van der Waals surface area contributed by atoms with E-state index < -0.39 is 11.2 Å². The Morgan fingerprint density at radius 3 is 2.39 bits per heavy atom. The van der Waals surface area contributed by atoms with Crippen molar-refractivity contribution in [3.63, 3.8) is 0 Å². The summed E-state index contributed by atoms with van der Waals surface area (Å²) in [5, 5.41) is 21.8. The van der Waals surface area contributed by atoms with Crippen molar-refractivity contribution in [2.24, 2.45) is 22.7 Å². The van der Waals surface area contributed by atoms with Crippen LogP contribution in [0, 0.1) is 22.7 Å². The standard InChI is InChI=1S/C20H36O3/c1-17(2)9-6-10-18(3)14(17)7-11-19(4,21)15(18)8-12-20(5,22)16-13-23-16/h14-16,21-22H,6-13H2,1-5H3/t14-,15-,16-,18+,19-,20+/m1/s1. The Balaban J connectivity index is 1.81. The Bertz CT molecular complexity index is 450. The van der Waals surface area contributed by atoms with E-state index in [-0.39, 0.29) is 17.4 Å². The molecular weight excluding hydrogens is 288 g/mol. The van der Waals surface area contributed by atoms with E-state index in [4.69, 9.17) is 4.74 Å². The van der Waals surface area contributed by atoms with Crippen LogP contribution < -0.4 is 0 Å². The first-order valence-electron chi connectivity index (χ1n) is 9.55. The van der Waals surface area contributed by atoms with Crippen LogP contribution in [-0.4, -0.2) is 34.1 Å². The highest BCUT2D eigenvalue weighted by Gasteiger charge is 2.58. The smallest absolute Gasteiger partial charge is 0.109 e. The largest absolute Gasteiger partial charge is 0.390 e. The minimum absolute atomic E-state index is 0.00226. The molecule has 134 valence electrons. The molecule has 0 unspecified atom stereocenters. The topological polar surface area (TPSA) is 53.0 Å². The van der Waals surface area contributed by atoms with Gasteiger partial charge in [-0.2, -0.15) is 0 Å². The summed E-state index contributed by atoms with van der Waals surface area (Å²) in [4.78, 5) is 0. The Kier molecular flexibility index (Phi) is 4.18. The minimum atomic E-state index is -0.746. The summed E-state index contributed by atoms with van der Waals surface area (Å²) in [5.74, 6) is 0.939. The van der Waals surface area contributed by atoms with Gasteiger partial charge < -0.3 is 14.9 Å². The monoisotopic (exact) mass is 324 g/mol. The SMILES string of the molecule is CC1(C)CCC[C@@]2(C)[C@@H]1CC[C@@](C)(O)[C@@H]2CC[C@](C)(O)[C@H]1CO1. The Morgan fingerprint density at radius 2 is 1.78 bits per heavy atom. The summed E-state index contributed by atoms with van der Waals surface area (Å²) in [7, 11) is 0. The summed E-state index contributed by atoms with van der Waals surface area (Å²) < 4.78 is 5.32. The molecule has 0 radical (unpaired) electrons. The molecular formula is C20H36O3. The fourth-order valence-corrected chi connectivity index (χ4v) is 6.27. The van der Waals surface area contributed by atoms with Gasteiger partial charge in [-0.1, -0.05) is 27.2 Å². The first kappa shape index (κ1) is 17.7. The summed E-state index contributed by atoms with van der Waals surface area (Å²) >= 11 is 0. The molecule has 3 rings (SSSR count). The van der Waals surface area contributed by atoms with Gasteiger partial charge in [-0.05, 0) is 75.0 Å². The van der Waals surface area contributed by atoms with E-state index in [0.717, 1.165) is 25.7 Å². The Labute approximate surface area is 141 Å². The van der Waals surface area contributed by atoms with E-state index in [2.05, 4.69) is 20.8 Å². The molecule has 0 aromatic heterocycles. The maximum atomic E-state index is 11.1. The van der Waals surface area contributed by atoms with E-state index in [0.29, 0.717) is 17.9 Å². The lowest BCUT2D eigenvalue weighted by Crippen LogP contribution is -2.57. The van der Waals surface area contributed by atoms with Gasteiger partial charge in [0.25, 0.3) is 0 Å². The average molecular weight is 325 g/mol. The van der Waals surface area contributed by atoms with Crippen molar-refractivity contribution in [1.29, 1.82) is 0 Å². The minimum Gasteiger partial charge on any atom is -0.390 e. The van der Waals surface area contributed by atoms with Crippen LogP contribution in [0.25, 0.3) is 0 Å². The van der Waals surface area contributed by atoms with E-state index in [1.807, 2.05) is 13.8 Å². The molecule has 2 aliphatic carbocycles. The molecule has 3 aliphatic rings. The third-order valence-electron chi connectivity index (χ3n) is 7.73. The van der Waals surface area contributed by atoms with Gasteiger partial charge in [0, 0.05) is 0 Å². The van der Waals surface area contributed by atoms with E-state index in [1.165, 1.54) is 19.3 Å². The van der Waals surface area contributed by atoms with Gasteiger partial charge in [-0.15, -0.1) is 0 Å². The Morgan fingerprint density at radius 1 is 1.13 bits per heavy atom. The number of epoxide rings is 1.